The van der Waals surface area contributed by atoms with Crippen molar-refractivity contribution in [3.05, 3.63) is 0 Å². The van der Waals surface area contributed by atoms with E-state index >= 15 is 0 Å². The third kappa shape index (κ3) is 0.446. The van der Waals surface area contributed by atoms with E-state index in [-0.39, 0.29) is 0 Å². The van der Waals surface area contributed by atoms with Gasteiger partial charge in [0.1, 0.15) is 0 Å². The van der Waals surface area contributed by atoms with E-state index in [1.807, 2.05) is 0 Å². The molecule has 0 radical (unpaired) electrons. The summed E-state index contributed by atoms with van der Waals surface area (Å²) in [6, 6.07) is 0. The number of ether oxygens (including phenoxy) is 1. The van der Waals surface area contributed by atoms with Crippen LogP contribution in [-0.2, 0) is 4.74 Å². The van der Waals surface area contributed by atoms with Crippen molar-refractivity contribution in [2.24, 2.45) is 17.6 Å². The predicted molar refractivity (Wildman–Crippen MR) is 30.4 cm³/mol. The van der Waals surface area contributed by atoms with Crippen LogP contribution < -0.4 is 5.73 Å². The van der Waals surface area contributed by atoms with Gasteiger partial charge in [-0.3, -0.25) is 0 Å². The number of fused-ring (bicyclic) bond motifs is 1. The second kappa shape index (κ2) is 1.45. The molecular formula is C6H11NO. The zero-order valence-electron chi connectivity index (χ0n) is 4.84. The van der Waals surface area contributed by atoms with Gasteiger partial charge >= 0.3 is 0 Å². The standard InChI is InChI=1S/C6H11NO/c7-3-5-4-1-2-8-6(4)5/h4-6H,1-3,7H2. The van der Waals surface area contributed by atoms with Gasteiger partial charge in [-0.25, -0.2) is 0 Å². The minimum atomic E-state index is 0.569. The average molecular weight is 113 g/mol. The fraction of sp³-hybridized carbons (Fsp3) is 1.00. The Labute approximate surface area is 49.0 Å². The maximum atomic E-state index is 5.44. The van der Waals surface area contributed by atoms with Crippen molar-refractivity contribution in [3.63, 3.8) is 0 Å². The summed E-state index contributed by atoms with van der Waals surface area (Å²) in [6.45, 7) is 1.81. The maximum absolute atomic E-state index is 5.44. The van der Waals surface area contributed by atoms with Crippen LogP contribution in [0.15, 0.2) is 0 Å². The van der Waals surface area contributed by atoms with Crippen molar-refractivity contribution < 1.29 is 4.74 Å². The highest BCUT2D eigenvalue weighted by molar-refractivity contribution is 5.02. The van der Waals surface area contributed by atoms with Crippen molar-refractivity contribution in [1.82, 2.24) is 0 Å². The zero-order valence-corrected chi connectivity index (χ0v) is 4.84. The summed E-state index contributed by atoms with van der Waals surface area (Å²) in [6.07, 6.45) is 1.83. The van der Waals surface area contributed by atoms with E-state index < -0.39 is 0 Å². The molecule has 1 aliphatic heterocycles. The lowest BCUT2D eigenvalue weighted by Crippen LogP contribution is -2.08. The topological polar surface area (TPSA) is 35.2 Å². The number of nitrogens with two attached hydrogens (primary N) is 1. The Morgan fingerprint density at radius 1 is 1.62 bits per heavy atom. The molecule has 0 spiro atoms. The van der Waals surface area contributed by atoms with E-state index in [4.69, 9.17) is 10.5 Å². The third-order valence-corrected chi connectivity index (χ3v) is 2.29. The van der Waals surface area contributed by atoms with Gasteiger partial charge in [0.05, 0.1) is 6.10 Å². The molecule has 2 nitrogen and oxygen atoms in total. The first kappa shape index (κ1) is 4.77. The molecule has 2 rings (SSSR count). The van der Waals surface area contributed by atoms with Crippen LogP contribution in [0.2, 0.25) is 0 Å². The smallest absolute Gasteiger partial charge is 0.0652 e. The highest BCUT2D eigenvalue weighted by atomic mass is 16.5. The van der Waals surface area contributed by atoms with Crippen molar-refractivity contribution in [1.29, 1.82) is 0 Å². The number of hydrogen-bond donors (Lipinski definition) is 1. The summed E-state index contributed by atoms with van der Waals surface area (Å²) in [5, 5.41) is 0. The van der Waals surface area contributed by atoms with Crippen LogP contribution in [0.1, 0.15) is 6.42 Å². The quantitative estimate of drug-likeness (QED) is 0.518. The molecule has 46 valence electrons. The first-order chi connectivity index (χ1) is 3.93. The molecule has 0 bridgehead atoms. The summed E-state index contributed by atoms with van der Waals surface area (Å²) >= 11 is 0. The molecule has 3 atom stereocenters. The van der Waals surface area contributed by atoms with E-state index in [1.165, 1.54) is 6.42 Å². The van der Waals surface area contributed by atoms with E-state index in [2.05, 4.69) is 0 Å². The molecule has 1 aliphatic carbocycles. The molecule has 0 aromatic carbocycles. The lowest BCUT2D eigenvalue weighted by Gasteiger charge is -1.96. The van der Waals surface area contributed by atoms with Crippen molar-refractivity contribution >= 4 is 0 Å². The van der Waals surface area contributed by atoms with Gasteiger partial charge in [0.2, 0.25) is 0 Å². The van der Waals surface area contributed by atoms with Gasteiger partial charge in [-0.2, -0.15) is 0 Å². The summed E-state index contributed by atoms with van der Waals surface area (Å²) < 4.78 is 5.35. The van der Waals surface area contributed by atoms with E-state index in [9.17, 15) is 0 Å². The maximum Gasteiger partial charge on any atom is 0.0652 e. The highest BCUT2D eigenvalue weighted by Gasteiger charge is 2.53. The number of rotatable bonds is 1. The fourth-order valence-corrected chi connectivity index (χ4v) is 1.68. The molecule has 2 N–H and O–H groups in total. The van der Waals surface area contributed by atoms with Crippen LogP contribution in [0.3, 0.4) is 0 Å². The molecule has 2 heteroatoms. The summed E-state index contributed by atoms with van der Waals surface area (Å²) in [7, 11) is 0. The van der Waals surface area contributed by atoms with Gasteiger partial charge in [0.15, 0.2) is 0 Å². The average Bonchev–Trinajstić information content (AvgIpc) is 2.22. The molecule has 2 fully saturated rings. The Kier molecular flexibility index (Phi) is 0.866. The molecule has 0 aromatic rings. The van der Waals surface area contributed by atoms with E-state index in [1.54, 1.807) is 0 Å². The Balaban J connectivity index is 1.94. The fourth-order valence-electron chi connectivity index (χ4n) is 1.68. The molecule has 1 saturated heterocycles. The van der Waals surface area contributed by atoms with Crippen LogP contribution in [0.25, 0.3) is 0 Å². The first-order valence-corrected chi connectivity index (χ1v) is 3.25. The Morgan fingerprint density at radius 2 is 2.50 bits per heavy atom. The SMILES string of the molecule is NCC1C2CCOC12. The lowest BCUT2D eigenvalue weighted by atomic mass is 10.2. The van der Waals surface area contributed by atoms with Crippen LogP contribution >= 0.6 is 0 Å². The second-order valence-electron chi connectivity index (χ2n) is 2.69. The minimum Gasteiger partial charge on any atom is -0.378 e. The Morgan fingerprint density at radius 3 is 2.88 bits per heavy atom. The normalized spacial score (nSPS) is 51.4. The van der Waals surface area contributed by atoms with Gasteiger partial charge < -0.3 is 10.5 Å². The van der Waals surface area contributed by atoms with Crippen molar-refractivity contribution in [3.8, 4) is 0 Å². The molecular weight excluding hydrogens is 102 g/mol. The van der Waals surface area contributed by atoms with Crippen LogP contribution in [-0.4, -0.2) is 19.3 Å². The Hall–Kier alpha value is -0.0800. The van der Waals surface area contributed by atoms with Gasteiger partial charge in [-0.1, -0.05) is 0 Å². The molecule has 0 amide bonds. The zero-order chi connectivity index (χ0) is 5.56. The molecule has 3 unspecified atom stereocenters. The molecule has 2 aliphatic rings. The third-order valence-electron chi connectivity index (χ3n) is 2.29. The van der Waals surface area contributed by atoms with Crippen molar-refractivity contribution in [2.75, 3.05) is 13.2 Å². The first-order valence-electron chi connectivity index (χ1n) is 3.25. The molecule has 1 saturated carbocycles. The molecule has 0 aromatic heterocycles. The minimum absolute atomic E-state index is 0.569. The molecule has 1 heterocycles. The van der Waals surface area contributed by atoms with Gasteiger partial charge in [0, 0.05) is 12.5 Å². The van der Waals surface area contributed by atoms with Gasteiger partial charge in [-0.05, 0) is 18.9 Å². The van der Waals surface area contributed by atoms with E-state index in [0.29, 0.717) is 6.10 Å². The number of hydrogen-bond acceptors (Lipinski definition) is 2. The van der Waals surface area contributed by atoms with Gasteiger partial charge in [0.25, 0.3) is 0 Å². The lowest BCUT2D eigenvalue weighted by molar-refractivity contribution is 0.140. The van der Waals surface area contributed by atoms with Crippen molar-refractivity contribution in [2.45, 2.75) is 12.5 Å². The van der Waals surface area contributed by atoms with E-state index in [0.717, 1.165) is 25.0 Å². The summed E-state index contributed by atoms with van der Waals surface area (Å²) in [5.74, 6) is 1.57. The monoisotopic (exact) mass is 113 g/mol. The van der Waals surface area contributed by atoms with Crippen LogP contribution in [0.4, 0.5) is 0 Å². The van der Waals surface area contributed by atoms with Crippen LogP contribution in [0, 0.1) is 11.8 Å². The van der Waals surface area contributed by atoms with Crippen LogP contribution in [0.5, 0.6) is 0 Å². The van der Waals surface area contributed by atoms with Gasteiger partial charge in [-0.15, -0.1) is 0 Å². The highest BCUT2D eigenvalue weighted by Crippen LogP contribution is 2.47. The summed E-state index contributed by atoms with van der Waals surface area (Å²) in [5.41, 5.74) is 5.44. The summed E-state index contributed by atoms with van der Waals surface area (Å²) in [4.78, 5) is 0. The Bertz CT molecular complexity index is 87.9. The second-order valence-corrected chi connectivity index (χ2v) is 2.69. The molecule has 8 heavy (non-hydrogen) atoms. The largest absolute Gasteiger partial charge is 0.378 e. The predicted octanol–water partition coefficient (Wildman–Crippen LogP) is -0.0200.